The van der Waals surface area contributed by atoms with E-state index in [1.807, 2.05) is 43.3 Å². The molecule has 0 aromatic heterocycles. The van der Waals surface area contributed by atoms with Crippen LogP contribution in [0.15, 0.2) is 118 Å². The summed E-state index contributed by atoms with van der Waals surface area (Å²) >= 11 is 4.79. The van der Waals surface area contributed by atoms with Crippen LogP contribution in [0.5, 0.6) is 0 Å². The molecule has 0 spiro atoms. The number of anilines is 2. The second-order valence-corrected chi connectivity index (χ2v) is 11.7. The molecule has 0 radical (unpaired) electrons. The van der Waals surface area contributed by atoms with Gasteiger partial charge >= 0.3 is 0 Å². The van der Waals surface area contributed by atoms with E-state index in [1.165, 1.54) is 18.7 Å². The average molecular weight is 657 g/mol. The third kappa shape index (κ3) is 9.26. The van der Waals surface area contributed by atoms with Gasteiger partial charge in [0.15, 0.2) is 5.78 Å². The summed E-state index contributed by atoms with van der Waals surface area (Å²) in [5, 5.41) is 8.13. The Bertz CT molecular complexity index is 1640. The number of Topliss-reactive ketones (excluding diaryl/α,β-unsaturated/α-hetero) is 1. The highest BCUT2D eigenvalue weighted by Gasteiger charge is 2.19. The van der Waals surface area contributed by atoms with Crippen LogP contribution in [0, 0.1) is 0 Å². The molecular formula is C34H30BrN3O4S. The van der Waals surface area contributed by atoms with Gasteiger partial charge in [0.1, 0.15) is 5.70 Å². The van der Waals surface area contributed by atoms with Crippen molar-refractivity contribution in [3.8, 4) is 0 Å². The van der Waals surface area contributed by atoms with Gasteiger partial charge < -0.3 is 16.0 Å². The van der Waals surface area contributed by atoms with Gasteiger partial charge in [-0.2, -0.15) is 0 Å². The van der Waals surface area contributed by atoms with Gasteiger partial charge in [-0.05, 0) is 91.7 Å². The molecule has 1 unspecified atom stereocenters. The van der Waals surface area contributed by atoms with Crippen LogP contribution in [0.25, 0.3) is 6.08 Å². The fourth-order valence-corrected chi connectivity index (χ4v) is 5.29. The zero-order valence-corrected chi connectivity index (χ0v) is 26.0. The fourth-order valence-electron chi connectivity index (χ4n) is 4.01. The Balaban J connectivity index is 1.47. The highest BCUT2D eigenvalue weighted by Crippen LogP contribution is 2.29. The number of benzene rings is 4. The fraction of sp³-hybridized carbons (Fsp3) is 0.118. The molecule has 3 N–H and O–H groups in total. The zero-order chi connectivity index (χ0) is 30.8. The van der Waals surface area contributed by atoms with Crippen LogP contribution < -0.4 is 16.0 Å². The monoisotopic (exact) mass is 655 g/mol. The minimum absolute atomic E-state index is 0.0404. The molecule has 7 nitrogen and oxygen atoms in total. The first-order chi connectivity index (χ1) is 20.7. The third-order valence-electron chi connectivity index (χ3n) is 6.30. The van der Waals surface area contributed by atoms with Crippen molar-refractivity contribution < 1.29 is 19.2 Å². The van der Waals surface area contributed by atoms with E-state index in [4.69, 9.17) is 0 Å². The lowest BCUT2D eigenvalue weighted by atomic mass is 10.1. The minimum atomic E-state index is -0.492. The Hall–Kier alpha value is -4.47. The molecule has 9 heteroatoms. The lowest BCUT2D eigenvalue weighted by Crippen LogP contribution is -2.30. The number of nitrogens with one attached hydrogen (secondary N) is 3. The molecule has 43 heavy (non-hydrogen) atoms. The van der Waals surface area contributed by atoms with Gasteiger partial charge in [0.2, 0.25) is 5.91 Å². The molecule has 4 aromatic rings. The maximum absolute atomic E-state index is 13.4. The molecule has 0 aliphatic rings. The molecule has 0 heterocycles. The summed E-state index contributed by atoms with van der Waals surface area (Å²) < 4.78 is 0.892. The standard InChI is InChI=1S/C34H30BrN3O4S/c1-3-31(34(42)36-27-18-14-24(15-19-27)22(2)39)43-29-11-7-10-28(21-29)37-33(41)30(20-23-12-16-26(35)17-13-23)38-32(40)25-8-5-4-6-9-25/h4-21,31H,3H2,1-2H3,(H,36,42)(H,37,41)(H,38,40)/b30-20-. The molecule has 4 aromatic carbocycles. The number of hydrogen-bond acceptors (Lipinski definition) is 5. The second kappa shape index (κ2) is 15.1. The minimum Gasteiger partial charge on any atom is -0.325 e. The van der Waals surface area contributed by atoms with E-state index in [9.17, 15) is 19.2 Å². The van der Waals surface area contributed by atoms with Gasteiger partial charge in [-0.25, -0.2) is 0 Å². The molecular weight excluding hydrogens is 626 g/mol. The van der Waals surface area contributed by atoms with Crippen LogP contribution >= 0.6 is 27.7 Å². The maximum Gasteiger partial charge on any atom is 0.272 e. The summed E-state index contributed by atoms with van der Waals surface area (Å²) in [6, 6.07) is 30.0. The maximum atomic E-state index is 13.4. The van der Waals surface area contributed by atoms with Gasteiger partial charge in [0.05, 0.1) is 5.25 Å². The zero-order valence-electron chi connectivity index (χ0n) is 23.6. The number of thioether (sulfide) groups is 1. The highest BCUT2D eigenvalue weighted by molar-refractivity contribution is 9.10. The van der Waals surface area contributed by atoms with Crippen molar-refractivity contribution in [2.24, 2.45) is 0 Å². The van der Waals surface area contributed by atoms with Crippen LogP contribution in [0.2, 0.25) is 0 Å². The SMILES string of the molecule is CCC(Sc1cccc(NC(=O)/C(=C/c2ccc(Br)cc2)NC(=O)c2ccccc2)c1)C(=O)Nc1ccc(C(C)=O)cc1. The molecule has 0 saturated heterocycles. The average Bonchev–Trinajstić information content (AvgIpc) is 3.01. The van der Waals surface area contributed by atoms with Gasteiger partial charge in [-0.3, -0.25) is 19.2 Å². The molecule has 1 atom stereocenters. The number of carbonyl (C=O) groups excluding carboxylic acids is 4. The number of amides is 3. The molecule has 218 valence electrons. The molecule has 0 aliphatic heterocycles. The summed E-state index contributed by atoms with van der Waals surface area (Å²) in [5.41, 5.74) is 2.94. The Kier molecular flexibility index (Phi) is 11.1. The smallest absolute Gasteiger partial charge is 0.272 e. The van der Waals surface area contributed by atoms with Crippen LogP contribution in [-0.2, 0) is 9.59 Å². The van der Waals surface area contributed by atoms with Gasteiger partial charge in [-0.15, -0.1) is 11.8 Å². The lowest BCUT2D eigenvalue weighted by molar-refractivity contribution is -0.116. The van der Waals surface area contributed by atoms with E-state index in [0.717, 1.165) is 14.9 Å². The topological polar surface area (TPSA) is 104 Å². The second-order valence-electron chi connectivity index (χ2n) is 9.55. The number of rotatable bonds is 11. The Labute approximate surface area is 263 Å². The number of carbonyl (C=O) groups is 4. The van der Waals surface area contributed by atoms with Crippen molar-refractivity contribution in [2.75, 3.05) is 10.6 Å². The van der Waals surface area contributed by atoms with Gasteiger partial charge in [0.25, 0.3) is 11.8 Å². The molecule has 0 aliphatic carbocycles. The number of hydrogen-bond donors (Lipinski definition) is 3. The molecule has 4 rings (SSSR count). The lowest BCUT2D eigenvalue weighted by Gasteiger charge is -2.16. The first-order valence-corrected chi connectivity index (χ1v) is 15.2. The molecule has 0 saturated carbocycles. The summed E-state index contributed by atoms with van der Waals surface area (Å²) in [5.74, 6) is -1.11. The Morgan fingerprint density at radius 3 is 2.14 bits per heavy atom. The largest absolute Gasteiger partial charge is 0.325 e. The molecule has 0 bridgehead atoms. The summed E-state index contributed by atoms with van der Waals surface area (Å²) in [6.45, 7) is 3.42. The first kappa shape index (κ1) is 31.5. The Morgan fingerprint density at radius 1 is 0.791 bits per heavy atom. The molecule has 0 fully saturated rings. The van der Waals surface area contributed by atoms with E-state index in [1.54, 1.807) is 72.8 Å². The van der Waals surface area contributed by atoms with E-state index < -0.39 is 17.1 Å². The Morgan fingerprint density at radius 2 is 1.49 bits per heavy atom. The third-order valence-corrected chi connectivity index (χ3v) is 8.19. The van der Waals surface area contributed by atoms with E-state index >= 15 is 0 Å². The van der Waals surface area contributed by atoms with Crippen molar-refractivity contribution >= 4 is 68.6 Å². The van der Waals surface area contributed by atoms with E-state index in [2.05, 4.69) is 31.9 Å². The van der Waals surface area contributed by atoms with Crippen molar-refractivity contribution in [1.29, 1.82) is 0 Å². The molecule has 3 amide bonds. The van der Waals surface area contributed by atoms with Crippen molar-refractivity contribution in [1.82, 2.24) is 5.32 Å². The van der Waals surface area contributed by atoms with Crippen molar-refractivity contribution in [3.05, 3.63) is 130 Å². The van der Waals surface area contributed by atoms with Crippen LogP contribution in [0.4, 0.5) is 11.4 Å². The normalized spacial score (nSPS) is 11.7. The van der Waals surface area contributed by atoms with Crippen LogP contribution in [0.3, 0.4) is 0 Å². The number of ketones is 1. The van der Waals surface area contributed by atoms with E-state index in [0.29, 0.717) is 28.9 Å². The predicted octanol–water partition coefficient (Wildman–Crippen LogP) is 7.57. The van der Waals surface area contributed by atoms with Crippen LogP contribution in [0.1, 0.15) is 46.5 Å². The summed E-state index contributed by atoms with van der Waals surface area (Å²) in [6.07, 6.45) is 2.19. The van der Waals surface area contributed by atoms with Gasteiger partial charge in [0, 0.05) is 31.9 Å². The number of halogens is 1. The highest BCUT2D eigenvalue weighted by atomic mass is 79.9. The van der Waals surface area contributed by atoms with Gasteiger partial charge in [-0.1, -0.05) is 59.3 Å². The first-order valence-electron chi connectivity index (χ1n) is 13.6. The van der Waals surface area contributed by atoms with E-state index in [-0.39, 0.29) is 17.4 Å². The van der Waals surface area contributed by atoms with Crippen molar-refractivity contribution in [2.45, 2.75) is 30.4 Å². The van der Waals surface area contributed by atoms with Crippen LogP contribution in [-0.4, -0.2) is 28.8 Å². The quantitative estimate of drug-likeness (QED) is 0.0878. The predicted molar refractivity (Wildman–Crippen MR) is 176 cm³/mol. The van der Waals surface area contributed by atoms with Crippen molar-refractivity contribution in [3.63, 3.8) is 0 Å². The summed E-state index contributed by atoms with van der Waals surface area (Å²) in [4.78, 5) is 51.7. The summed E-state index contributed by atoms with van der Waals surface area (Å²) in [7, 11) is 0.